The monoisotopic (exact) mass is 425 g/mol. The molecule has 2 aromatic rings. The number of carbonyl (C=O) groups is 3. The third-order valence-corrected chi connectivity index (χ3v) is 7.62. The van der Waals surface area contributed by atoms with Gasteiger partial charge >= 0.3 is 0 Å². The van der Waals surface area contributed by atoms with Crippen LogP contribution in [0.2, 0.25) is 0 Å². The number of rotatable bonds is 5. The topological polar surface area (TPSA) is 63.7 Å². The van der Waals surface area contributed by atoms with Crippen LogP contribution in [0.4, 0.5) is 5.69 Å². The van der Waals surface area contributed by atoms with Crippen molar-refractivity contribution >= 4 is 29.4 Å². The smallest absolute Gasteiger partial charge is 0.238 e. The summed E-state index contributed by atoms with van der Waals surface area (Å²) in [4.78, 5) is 40.2. The number of nitrogens with zero attached hydrogens (tertiary/aromatic N) is 1. The molecule has 7 rings (SSSR count). The highest BCUT2D eigenvalue weighted by Crippen LogP contribution is 2.65. The summed E-state index contributed by atoms with van der Waals surface area (Å²) in [6.45, 7) is 0. The summed E-state index contributed by atoms with van der Waals surface area (Å²) in [5.41, 5.74) is 2.02. The van der Waals surface area contributed by atoms with Crippen LogP contribution in [0, 0.1) is 35.5 Å². The van der Waals surface area contributed by atoms with Crippen LogP contribution in [-0.2, 0) is 9.59 Å². The number of hydrogen-bond acceptors (Lipinski definition) is 4. The Labute approximate surface area is 186 Å². The summed E-state index contributed by atoms with van der Waals surface area (Å²) in [6, 6.07) is 14.2. The molecule has 2 bridgehead atoms. The molecule has 160 valence electrons. The van der Waals surface area contributed by atoms with E-state index < -0.39 is 0 Å². The zero-order chi connectivity index (χ0) is 22.0. The molecule has 4 aliphatic carbocycles. The molecule has 0 spiro atoms. The third-order valence-electron chi connectivity index (χ3n) is 7.62. The average molecular weight is 425 g/mol. The van der Waals surface area contributed by atoms with Crippen LogP contribution >= 0.6 is 0 Å². The number of ketones is 1. The normalized spacial score (nSPS) is 31.7. The quantitative estimate of drug-likeness (QED) is 0.313. The highest BCUT2D eigenvalue weighted by atomic mass is 16.5. The predicted molar refractivity (Wildman–Crippen MR) is 120 cm³/mol. The lowest BCUT2D eigenvalue weighted by atomic mass is 9.63. The van der Waals surface area contributed by atoms with Crippen LogP contribution in [0.1, 0.15) is 22.3 Å². The van der Waals surface area contributed by atoms with E-state index in [-0.39, 0.29) is 41.3 Å². The van der Waals surface area contributed by atoms with Crippen LogP contribution in [0.5, 0.6) is 5.75 Å². The summed E-state index contributed by atoms with van der Waals surface area (Å²) in [5, 5.41) is 0. The van der Waals surface area contributed by atoms with Gasteiger partial charge in [-0.3, -0.25) is 19.3 Å². The fourth-order valence-corrected chi connectivity index (χ4v) is 5.97. The van der Waals surface area contributed by atoms with Crippen LogP contribution in [0.25, 0.3) is 6.08 Å². The van der Waals surface area contributed by atoms with Crippen molar-refractivity contribution in [2.24, 2.45) is 35.5 Å². The summed E-state index contributed by atoms with van der Waals surface area (Å²) in [6.07, 6.45) is 8.78. The van der Waals surface area contributed by atoms with Crippen molar-refractivity contribution in [3.8, 4) is 5.75 Å². The van der Waals surface area contributed by atoms with Gasteiger partial charge in [-0.15, -0.1) is 0 Å². The van der Waals surface area contributed by atoms with Gasteiger partial charge in [0, 0.05) is 5.56 Å². The van der Waals surface area contributed by atoms with E-state index in [1.807, 2.05) is 12.1 Å². The highest BCUT2D eigenvalue weighted by molar-refractivity contribution is 6.22. The Balaban J connectivity index is 1.19. The first kappa shape index (κ1) is 19.2. The number of carbonyl (C=O) groups excluding carboxylic acids is 3. The molecule has 0 N–H and O–H groups in total. The molecule has 5 nitrogen and oxygen atoms in total. The Morgan fingerprint density at radius 2 is 1.50 bits per heavy atom. The van der Waals surface area contributed by atoms with Gasteiger partial charge in [0.15, 0.2) is 5.78 Å². The zero-order valence-corrected chi connectivity index (χ0v) is 17.7. The second-order valence-corrected chi connectivity index (χ2v) is 9.18. The standard InChI is InChI=1S/C27H23NO4/c1-32-18-9-5-16(6-10-18)23(29)13-4-15-2-7-17(8-3-15)28-26(30)24-19-11-12-20(22-14-21(19)22)25(24)27(28)31/h2-13,19-22,24-25H,14H2,1H3/b13-4+/t19-,20+,21+,22-,24-,25+. The van der Waals surface area contributed by atoms with Gasteiger partial charge in [-0.05, 0) is 78.1 Å². The fraction of sp³-hybridized carbons (Fsp3) is 0.296. The van der Waals surface area contributed by atoms with E-state index in [1.54, 1.807) is 49.6 Å². The summed E-state index contributed by atoms with van der Waals surface area (Å²) < 4.78 is 5.12. The minimum atomic E-state index is -0.192. The summed E-state index contributed by atoms with van der Waals surface area (Å²) in [7, 11) is 1.58. The van der Waals surface area contributed by atoms with Gasteiger partial charge in [-0.1, -0.05) is 30.4 Å². The third kappa shape index (κ3) is 2.80. The molecule has 2 aromatic carbocycles. The molecule has 5 aliphatic rings. The molecule has 32 heavy (non-hydrogen) atoms. The Kier molecular flexibility index (Phi) is 4.22. The van der Waals surface area contributed by atoms with E-state index in [9.17, 15) is 14.4 Å². The van der Waals surface area contributed by atoms with E-state index in [0.29, 0.717) is 28.8 Å². The van der Waals surface area contributed by atoms with Crippen molar-refractivity contribution in [1.29, 1.82) is 0 Å². The molecule has 5 heteroatoms. The van der Waals surface area contributed by atoms with Crippen molar-refractivity contribution in [1.82, 2.24) is 0 Å². The molecule has 0 unspecified atom stereocenters. The van der Waals surface area contributed by atoms with Crippen molar-refractivity contribution in [2.75, 3.05) is 12.0 Å². The van der Waals surface area contributed by atoms with E-state index in [0.717, 1.165) is 12.0 Å². The van der Waals surface area contributed by atoms with Gasteiger partial charge in [0.1, 0.15) is 5.75 Å². The number of imide groups is 1. The van der Waals surface area contributed by atoms with Crippen LogP contribution in [0.15, 0.2) is 66.8 Å². The van der Waals surface area contributed by atoms with Gasteiger partial charge in [0.05, 0.1) is 24.6 Å². The molecule has 1 heterocycles. The molecule has 1 aliphatic heterocycles. The Hall–Kier alpha value is -3.47. The number of amides is 2. The first-order valence-electron chi connectivity index (χ1n) is 11.1. The van der Waals surface area contributed by atoms with Gasteiger partial charge in [0.25, 0.3) is 0 Å². The molecule has 3 fully saturated rings. The summed E-state index contributed by atoms with van der Waals surface area (Å²) in [5.74, 6) is 1.75. The molecular formula is C27H23NO4. The maximum Gasteiger partial charge on any atom is 0.238 e. The number of anilines is 1. The van der Waals surface area contributed by atoms with Gasteiger partial charge in [0.2, 0.25) is 11.8 Å². The number of methoxy groups -OCH3 is 1. The molecule has 2 amide bonds. The Morgan fingerprint density at radius 1 is 0.906 bits per heavy atom. The van der Waals surface area contributed by atoms with Crippen molar-refractivity contribution in [2.45, 2.75) is 6.42 Å². The minimum absolute atomic E-state index is 0.0531. The average Bonchev–Trinajstić information content (AvgIpc) is 3.61. The first-order chi connectivity index (χ1) is 15.6. The van der Waals surface area contributed by atoms with Gasteiger partial charge in [-0.2, -0.15) is 0 Å². The van der Waals surface area contributed by atoms with Crippen LogP contribution in [0.3, 0.4) is 0 Å². The van der Waals surface area contributed by atoms with Gasteiger partial charge < -0.3 is 4.74 Å². The molecular weight excluding hydrogens is 402 g/mol. The predicted octanol–water partition coefficient (Wildman–Crippen LogP) is 4.15. The SMILES string of the molecule is COc1ccc(C(=O)/C=C/c2ccc(N3C(=O)[C@@H]4[C@@H]5C=C[C@@H]([C@H]6C[C@@H]56)[C@@H]4C3=O)cc2)cc1. The highest BCUT2D eigenvalue weighted by Gasteiger charge is 2.67. The maximum atomic E-state index is 13.2. The van der Waals surface area contributed by atoms with E-state index >= 15 is 0 Å². The number of hydrogen-bond donors (Lipinski definition) is 0. The van der Waals surface area contributed by atoms with Crippen molar-refractivity contribution in [3.63, 3.8) is 0 Å². The summed E-state index contributed by atoms with van der Waals surface area (Å²) >= 11 is 0. The Bertz CT molecular complexity index is 1140. The van der Waals surface area contributed by atoms with Gasteiger partial charge in [-0.25, -0.2) is 0 Å². The molecule has 2 saturated carbocycles. The van der Waals surface area contributed by atoms with E-state index in [2.05, 4.69) is 12.2 Å². The number of ether oxygens (including phenoxy) is 1. The Morgan fingerprint density at radius 3 is 2.06 bits per heavy atom. The van der Waals surface area contributed by atoms with Crippen molar-refractivity contribution in [3.05, 3.63) is 77.9 Å². The molecule has 1 saturated heterocycles. The molecule has 0 aromatic heterocycles. The van der Waals surface area contributed by atoms with E-state index in [1.165, 1.54) is 11.0 Å². The van der Waals surface area contributed by atoms with E-state index in [4.69, 9.17) is 4.74 Å². The largest absolute Gasteiger partial charge is 0.497 e. The molecule has 0 radical (unpaired) electrons. The second-order valence-electron chi connectivity index (χ2n) is 9.18. The number of benzene rings is 2. The molecule has 6 atom stereocenters. The lowest BCUT2D eigenvalue weighted by Gasteiger charge is -2.37. The fourth-order valence-electron chi connectivity index (χ4n) is 5.97. The maximum absolute atomic E-state index is 13.2. The second kappa shape index (κ2) is 7.02. The van der Waals surface area contributed by atoms with Crippen molar-refractivity contribution < 1.29 is 19.1 Å². The lowest BCUT2D eigenvalue weighted by molar-refractivity contribution is -0.124. The lowest BCUT2D eigenvalue weighted by Crippen LogP contribution is -2.40. The first-order valence-corrected chi connectivity index (χ1v) is 11.1. The zero-order valence-electron chi connectivity index (χ0n) is 17.7. The van der Waals surface area contributed by atoms with Crippen LogP contribution < -0.4 is 9.64 Å². The minimum Gasteiger partial charge on any atom is -0.497 e. The number of allylic oxidation sites excluding steroid dienone is 3. The van der Waals surface area contributed by atoms with Crippen LogP contribution in [-0.4, -0.2) is 24.7 Å².